The monoisotopic (exact) mass is 426 g/mol. The number of para-hydroxylation sites is 1. The van der Waals surface area contributed by atoms with Crippen molar-refractivity contribution in [1.29, 1.82) is 0 Å². The lowest BCUT2D eigenvalue weighted by molar-refractivity contribution is 0.102. The predicted molar refractivity (Wildman–Crippen MR) is 119 cm³/mol. The average molecular weight is 427 g/mol. The number of nitrogens with one attached hydrogen (secondary N) is 2. The van der Waals surface area contributed by atoms with Crippen LogP contribution in [-0.2, 0) is 10.0 Å². The lowest BCUT2D eigenvalue weighted by Gasteiger charge is -2.14. The molecule has 2 N–H and O–H groups in total. The van der Waals surface area contributed by atoms with E-state index in [2.05, 4.69) is 10.0 Å². The lowest BCUT2D eigenvalue weighted by Crippen LogP contribution is -2.15. The predicted octanol–water partition coefficient (Wildman–Crippen LogP) is 5.08. The number of carbonyl (C=O) groups excluding carboxylic acids is 1. The fourth-order valence-corrected chi connectivity index (χ4v) is 4.72. The van der Waals surface area contributed by atoms with Crippen LogP contribution in [-0.4, -0.2) is 20.6 Å². The SMILES string of the molecule is CSc1ccccc1C(=O)Nc1ccc(S(=O)(=O)Nc2c(C)cccc2C)cc1. The number of sulfonamides is 1. The summed E-state index contributed by atoms with van der Waals surface area (Å²) >= 11 is 1.49. The van der Waals surface area contributed by atoms with Crippen molar-refractivity contribution in [3.8, 4) is 0 Å². The van der Waals surface area contributed by atoms with Crippen molar-refractivity contribution >= 4 is 39.1 Å². The molecule has 1 amide bonds. The zero-order valence-electron chi connectivity index (χ0n) is 16.4. The number of anilines is 2. The fraction of sp³-hybridized carbons (Fsp3) is 0.136. The van der Waals surface area contributed by atoms with Crippen molar-refractivity contribution in [2.75, 3.05) is 16.3 Å². The molecule has 0 saturated heterocycles. The second-order valence-electron chi connectivity index (χ2n) is 6.55. The van der Waals surface area contributed by atoms with E-state index in [4.69, 9.17) is 0 Å². The first-order valence-electron chi connectivity index (χ1n) is 8.95. The van der Waals surface area contributed by atoms with Crippen LogP contribution in [0.2, 0.25) is 0 Å². The highest BCUT2D eigenvalue weighted by Crippen LogP contribution is 2.25. The second-order valence-corrected chi connectivity index (χ2v) is 9.08. The number of benzene rings is 3. The van der Waals surface area contributed by atoms with Gasteiger partial charge in [0.1, 0.15) is 0 Å². The lowest BCUT2D eigenvalue weighted by atomic mass is 10.1. The van der Waals surface area contributed by atoms with Gasteiger partial charge in [-0.2, -0.15) is 0 Å². The number of thioether (sulfide) groups is 1. The molecule has 0 atom stereocenters. The van der Waals surface area contributed by atoms with Gasteiger partial charge in [-0.25, -0.2) is 8.42 Å². The first-order chi connectivity index (χ1) is 13.8. The van der Waals surface area contributed by atoms with E-state index in [0.29, 0.717) is 16.9 Å². The average Bonchev–Trinajstić information content (AvgIpc) is 2.71. The Morgan fingerprint density at radius 2 is 1.48 bits per heavy atom. The van der Waals surface area contributed by atoms with Gasteiger partial charge < -0.3 is 5.32 Å². The molecule has 0 aliphatic rings. The van der Waals surface area contributed by atoms with Gasteiger partial charge >= 0.3 is 0 Å². The van der Waals surface area contributed by atoms with Crippen LogP contribution in [0.1, 0.15) is 21.5 Å². The summed E-state index contributed by atoms with van der Waals surface area (Å²) in [6, 6.07) is 19.1. The fourth-order valence-electron chi connectivity index (χ4n) is 2.92. The van der Waals surface area contributed by atoms with E-state index in [0.717, 1.165) is 16.0 Å². The van der Waals surface area contributed by atoms with Gasteiger partial charge in [-0.1, -0.05) is 30.3 Å². The number of aryl methyl sites for hydroxylation is 2. The smallest absolute Gasteiger partial charge is 0.261 e. The number of carbonyl (C=O) groups is 1. The molecule has 0 spiro atoms. The van der Waals surface area contributed by atoms with E-state index >= 15 is 0 Å². The van der Waals surface area contributed by atoms with Gasteiger partial charge in [0.25, 0.3) is 15.9 Å². The normalized spacial score (nSPS) is 11.1. The molecule has 0 aliphatic carbocycles. The van der Waals surface area contributed by atoms with Crippen molar-refractivity contribution < 1.29 is 13.2 Å². The Labute approximate surface area is 175 Å². The molecule has 0 saturated carbocycles. The van der Waals surface area contributed by atoms with Gasteiger partial charge in [0.15, 0.2) is 0 Å². The maximum Gasteiger partial charge on any atom is 0.261 e. The minimum Gasteiger partial charge on any atom is -0.322 e. The Morgan fingerprint density at radius 1 is 0.862 bits per heavy atom. The number of amides is 1. The molecule has 0 heterocycles. The number of hydrogen-bond acceptors (Lipinski definition) is 4. The molecule has 7 heteroatoms. The minimum absolute atomic E-state index is 0.127. The largest absolute Gasteiger partial charge is 0.322 e. The third-order valence-corrected chi connectivity index (χ3v) is 6.65. The van der Waals surface area contributed by atoms with Crippen LogP contribution in [0.5, 0.6) is 0 Å². The van der Waals surface area contributed by atoms with Crippen molar-refractivity contribution in [2.45, 2.75) is 23.6 Å². The Bertz CT molecular complexity index is 1120. The van der Waals surface area contributed by atoms with Gasteiger partial charge in [0.05, 0.1) is 16.1 Å². The summed E-state index contributed by atoms with van der Waals surface area (Å²) in [4.78, 5) is 13.5. The highest BCUT2D eigenvalue weighted by molar-refractivity contribution is 7.98. The highest BCUT2D eigenvalue weighted by Gasteiger charge is 2.17. The molecular formula is C22H22N2O3S2. The van der Waals surface area contributed by atoms with Gasteiger partial charge in [-0.05, 0) is 67.6 Å². The van der Waals surface area contributed by atoms with Crippen LogP contribution in [0.3, 0.4) is 0 Å². The van der Waals surface area contributed by atoms with Crippen LogP contribution in [0, 0.1) is 13.8 Å². The van der Waals surface area contributed by atoms with Gasteiger partial charge in [-0.15, -0.1) is 11.8 Å². The summed E-state index contributed by atoms with van der Waals surface area (Å²) in [6.07, 6.45) is 1.91. The maximum absolute atomic E-state index is 12.7. The maximum atomic E-state index is 12.7. The van der Waals surface area contributed by atoms with Gasteiger partial charge in [0.2, 0.25) is 0 Å². The Morgan fingerprint density at radius 3 is 2.10 bits per heavy atom. The quantitative estimate of drug-likeness (QED) is 0.539. The molecule has 3 rings (SSSR count). The molecule has 150 valence electrons. The Hall–Kier alpha value is -2.77. The third-order valence-electron chi connectivity index (χ3n) is 4.49. The summed E-state index contributed by atoms with van der Waals surface area (Å²) in [5.74, 6) is -0.237. The summed E-state index contributed by atoms with van der Waals surface area (Å²) in [5.41, 5.74) is 3.39. The van der Waals surface area contributed by atoms with E-state index in [-0.39, 0.29) is 10.8 Å². The number of hydrogen-bond donors (Lipinski definition) is 2. The summed E-state index contributed by atoms with van der Waals surface area (Å²) < 4.78 is 28.1. The van der Waals surface area contributed by atoms with E-state index in [1.165, 1.54) is 23.9 Å². The molecule has 3 aromatic carbocycles. The first-order valence-corrected chi connectivity index (χ1v) is 11.7. The first kappa shape index (κ1) is 21.0. The van der Waals surface area contributed by atoms with E-state index < -0.39 is 10.0 Å². The molecule has 0 fully saturated rings. The van der Waals surface area contributed by atoms with Gasteiger partial charge in [0, 0.05) is 10.6 Å². The molecule has 0 bridgehead atoms. The zero-order valence-corrected chi connectivity index (χ0v) is 18.0. The van der Waals surface area contributed by atoms with Crippen LogP contribution >= 0.6 is 11.8 Å². The van der Waals surface area contributed by atoms with Crippen molar-refractivity contribution in [1.82, 2.24) is 0 Å². The molecule has 0 unspecified atom stereocenters. The van der Waals surface area contributed by atoms with Crippen LogP contribution in [0.25, 0.3) is 0 Å². The Balaban J connectivity index is 1.78. The number of rotatable bonds is 6. The second kappa shape index (κ2) is 8.71. The minimum atomic E-state index is -3.73. The zero-order chi connectivity index (χ0) is 21.0. The van der Waals surface area contributed by atoms with E-state index in [1.807, 2.05) is 56.5 Å². The molecule has 29 heavy (non-hydrogen) atoms. The van der Waals surface area contributed by atoms with Crippen LogP contribution < -0.4 is 10.0 Å². The van der Waals surface area contributed by atoms with Crippen LogP contribution in [0.15, 0.2) is 76.5 Å². The summed E-state index contributed by atoms with van der Waals surface area (Å²) in [5, 5.41) is 2.81. The Kier molecular flexibility index (Phi) is 6.30. The summed E-state index contributed by atoms with van der Waals surface area (Å²) in [6.45, 7) is 3.71. The van der Waals surface area contributed by atoms with Crippen molar-refractivity contribution in [3.05, 3.63) is 83.4 Å². The van der Waals surface area contributed by atoms with Crippen molar-refractivity contribution in [2.24, 2.45) is 0 Å². The molecule has 0 aliphatic heterocycles. The van der Waals surface area contributed by atoms with Crippen molar-refractivity contribution in [3.63, 3.8) is 0 Å². The summed E-state index contributed by atoms with van der Waals surface area (Å²) in [7, 11) is -3.73. The topological polar surface area (TPSA) is 75.3 Å². The highest BCUT2D eigenvalue weighted by atomic mass is 32.2. The van der Waals surface area contributed by atoms with Crippen LogP contribution in [0.4, 0.5) is 11.4 Å². The molecule has 5 nitrogen and oxygen atoms in total. The molecule has 3 aromatic rings. The van der Waals surface area contributed by atoms with Gasteiger partial charge in [-0.3, -0.25) is 9.52 Å². The molecular weight excluding hydrogens is 404 g/mol. The molecule has 0 aromatic heterocycles. The van der Waals surface area contributed by atoms with E-state index in [1.54, 1.807) is 18.2 Å². The third kappa shape index (κ3) is 4.81. The van der Waals surface area contributed by atoms with E-state index in [9.17, 15) is 13.2 Å². The standard InChI is InChI=1S/C22H22N2O3S2/c1-15-7-6-8-16(2)21(15)24-29(26,27)18-13-11-17(12-14-18)23-22(25)19-9-4-5-10-20(19)28-3/h4-14,24H,1-3H3,(H,23,25). The molecule has 0 radical (unpaired) electrons.